The highest BCUT2D eigenvalue weighted by atomic mass is 16.3. The molecule has 0 bridgehead atoms. The molecule has 1 unspecified atom stereocenters. The summed E-state index contributed by atoms with van der Waals surface area (Å²) >= 11 is 0. The number of phenols is 1. The van der Waals surface area contributed by atoms with Crippen LogP contribution in [0.15, 0.2) is 48.3 Å². The van der Waals surface area contributed by atoms with Crippen LogP contribution in [0.25, 0.3) is 16.6 Å². The fourth-order valence-corrected chi connectivity index (χ4v) is 3.68. The van der Waals surface area contributed by atoms with Crippen LogP contribution >= 0.6 is 0 Å². The number of Topliss-reactive ketones (excluding diaryl/α,β-unsaturated/α-hetero) is 1. The van der Waals surface area contributed by atoms with Crippen LogP contribution in [-0.4, -0.2) is 26.9 Å². The number of aromatic hydroxyl groups is 1. The molecule has 3 aromatic rings. The molecular weight excluding hydrogens is 304 g/mol. The normalized spacial score (nSPS) is 19.2. The lowest BCUT2D eigenvalue weighted by atomic mass is 10.0. The van der Waals surface area contributed by atoms with Crippen LogP contribution in [0.5, 0.6) is 5.75 Å². The minimum absolute atomic E-state index is 0.0674. The summed E-state index contributed by atoms with van der Waals surface area (Å²) in [5, 5.41) is 10.0. The van der Waals surface area contributed by atoms with Crippen molar-refractivity contribution in [3.63, 3.8) is 0 Å². The van der Waals surface area contributed by atoms with E-state index in [9.17, 15) is 9.90 Å². The van der Waals surface area contributed by atoms with Gasteiger partial charge in [0.15, 0.2) is 5.78 Å². The monoisotopic (exact) mass is 318 g/mol. The third-order valence-electron chi connectivity index (χ3n) is 4.79. The smallest absolute Gasteiger partial charge is 0.193 e. The zero-order valence-electron chi connectivity index (χ0n) is 12.7. The second-order valence-corrected chi connectivity index (χ2v) is 6.09. The number of fused-ring (bicyclic) bond motifs is 4. The number of rotatable bonds is 1. The number of imidazole rings is 1. The van der Waals surface area contributed by atoms with Gasteiger partial charge >= 0.3 is 0 Å². The molecule has 0 saturated heterocycles. The van der Waals surface area contributed by atoms with E-state index in [-0.39, 0.29) is 11.5 Å². The molecular formula is C18H14N4O2. The number of anilines is 1. The van der Waals surface area contributed by atoms with E-state index in [4.69, 9.17) is 5.73 Å². The number of hydrogen-bond donors (Lipinski definition) is 3. The molecule has 24 heavy (non-hydrogen) atoms. The summed E-state index contributed by atoms with van der Waals surface area (Å²) in [7, 11) is 0. The lowest BCUT2D eigenvalue weighted by Gasteiger charge is -2.19. The van der Waals surface area contributed by atoms with Gasteiger partial charge in [-0.15, -0.1) is 0 Å². The first kappa shape index (κ1) is 13.2. The van der Waals surface area contributed by atoms with Crippen molar-refractivity contribution in [3.05, 3.63) is 59.7 Å². The highest BCUT2D eigenvalue weighted by Crippen LogP contribution is 2.45. The predicted octanol–water partition coefficient (Wildman–Crippen LogP) is 1.91. The fraction of sp³-hybridized carbons (Fsp3) is 0.111. The Morgan fingerprint density at radius 3 is 2.88 bits per heavy atom. The summed E-state index contributed by atoms with van der Waals surface area (Å²) in [4.78, 5) is 22.4. The van der Waals surface area contributed by atoms with Crippen molar-refractivity contribution in [1.29, 1.82) is 0 Å². The first-order valence-electron chi connectivity index (χ1n) is 7.74. The first-order valence-corrected chi connectivity index (χ1v) is 7.74. The van der Waals surface area contributed by atoms with Gasteiger partial charge in [-0.05, 0) is 24.3 Å². The summed E-state index contributed by atoms with van der Waals surface area (Å²) in [5.41, 5.74) is 9.96. The van der Waals surface area contributed by atoms with E-state index in [1.807, 2.05) is 30.3 Å². The maximum absolute atomic E-state index is 12.9. The number of aromatic amines is 1. The van der Waals surface area contributed by atoms with E-state index < -0.39 is 6.04 Å². The molecule has 2 aromatic carbocycles. The van der Waals surface area contributed by atoms with Crippen LogP contribution in [0.2, 0.25) is 0 Å². The van der Waals surface area contributed by atoms with Crippen LogP contribution in [-0.2, 0) is 11.2 Å². The summed E-state index contributed by atoms with van der Waals surface area (Å²) < 4.78 is 0. The quantitative estimate of drug-likeness (QED) is 0.637. The molecule has 0 saturated carbocycles. The number of carbonyl (C=O) groups excluding carboxylic acids is 1. The molecule has 0 spiro atoms. The van der Waals surface area contributed by atoms with Crippen LogP contribution in [0, 0.1) is 0 Å². The third kappa shape index (κ3) is 1.54. The number of phenolic OH excluding ortho intramolecular Hbond substituents is 1. The number of carbonyl (C=O) groups is 1. The molecule has 1 aromatic heterocycles. The Balaban J connectivity index is 1.69. The van der Waals surface area contributed by atoms with Gasteiger partial charge in [-0.2, -0.15) is 0 Å². The Kier molecular flexibility index (Phi) is 2.41. The molecule has 5 rings (SSSR count). The lowest BCUT2D eigenvalue weighted by Crippen LogP contribution is -2.32. The highest BCUT2D eigenvalue weighted by Gasteiger charge is 2.46. The average Bonchev–Trinajstić information content (AvgIpc) is 3.21. The Morgan fingerprint density at radius 1 is 1.21 bits per heavy atom. The molecule has 0 fully saturated rings. The molecule has 3 heterocycles. The van der Waals surface area contributed by atoms with Crippen LogP contribution in [0.3, 0.4) is 0 Å². The largest absolute Gasteiger partial charge is 0.508 e. The Labute approximate surface area is 137 Å². The number of nitrogens with zero attached hydrogens (tertiary/aromatic N) is 2. The average molecular weight is 318 g/mol. The number of nitrogens with one attached hydrogen (secondary N) is 1. The van der Waals surface area contributed by atoms with E-state index in [0.717, 1.165) is 22.3 Å². The van der Waals surface area contributed by atoms with Gasteiger partial charge < -0.3 is 20.7 Å². The Morgan fingerprint density at radius 2 is 2.04 bits per heavy atom. The zero-order valence-corrected chi connectivity index (χ0v) is 12.7. The van der Waals surface area contributed by atoms with Gasteiger partial charge in [0.05, 0.1) is 16.7 Å². The summed E-state index contributed by atoms with van der Waals surface area (Å²) in [6, 6.07) is 12.5. The summed E-state index contributed by atoms with van der Waals surface area (Å²) in [5.74, 6) is 1.01. The predicted molar refractivity (Wildman–Crippen MR) is 90.3 cm³/mol. The fourth-order valence-electron chi connectivity index (χ4n) is 3.68. The number of H-pyrrole nitrogens is 1. The standard InChI is InChI=1S/C18H14N4O2/c19-17-15(18-20-10-4-1-2-5-11(10)21-18)16(24)13-8-9-12(22(13)17)6-3-7-14(9)23/h1-7,13,23H,8,19H2,(H,20,21). The number of ketones is 1. The minimum Gasteiger partial charge on any atom is -0.508 e. The van der Waals surface area contributed by atoms with Crippen molar-refractivity contribution >= 4 is 28.1 Å². The van der Waals surface area contributed by atoms with Crippen molar-refractivity contribution in [2.24, 2.45) is 5.73 Å². The van der Waals surface area contributed by atoms with Gasteiger partial charge in [-0.1, -0.05) is 18.2 Å². The third-order valence-corrected chi connectivity index (χ3v) is 4.79. The topological polar surface area (TPSA) is 95.2 Å². The van der Waals surface area contributed by atoms with Crippen LogP contribution in [0.4, 0.5) is 5.69 Å². The zero-order chi connectivity index (χ0) is 16.4. The van der Waals surface area contributed by atoms with Gasteiger partial charge in [-0.25, -0.2) is 4.98 Å². The van der Waals surface area contributed by atoms with Gasteiger partial charge in [0.2, 0.25) is 0 Å². The molecule has 1 atom stereocenters. The lowest BCUT2D eigenvalue weighted by molar-refractivity contribution is -0.114. The molecule has 2 aliphatic heterocycles. The van der Waals surface area contributed by atoms with Crippen molar-refractivity contribution in [2.45, 2.75) is 12.5 Å². The van der Waals surface area contributed by atoms with E-state index in [2.05, 4.69) is 9.97 Å². The molecule has 2 aliphatic rings. The second kappa shape index (κ2) is 4.38. The molecule has 0 amide bonds. The molecule has 118 valence electrons. The van der Waals surface area contributed by atoms with E-state index in [0.29, 0.717) is 23.6 Å². The maximum atomic E-state index is 12.9. The van der Waals surface area contributed by atoms with E-state index >= 15 is 0 Å². The minimum atomic E-state index is -0.406. The number of hydrogen-bond acceptors (Lipinski definition) is 5. The SMILES string of the molecule is NC1=C(c2nc3ccccc3[nH]2)C(=O)C2Cc3c(O)cccc3N12. The molecule has 0 aliphatic carbocycles. The summed E-state index contributed by atoms with van der Waals surface area (Å²) in [6.45, 7) is 0. The number of aromatic nitrogens is 2. The molecule has 0 radical (unpaired) electrons. The first-order chi connectivity index (χ1) is 11.6. The number of benzene rings is 2. The summed E-state index contributed by atoms with van der Waals surface area (Å²) in [6.07, 6.45) is 0.450. The molecule has 6 heteroatoms. The van der Waals surface area contributed by atoms with Gasteiger partial charge in [0, 0.05) is 12.0 Å². The number of para-hydroxylation sites is 2. The van der Waals surface area contributed by atoms with Gasteiger partial charge in [-0.3, -0.25) is 4.79 Å². The molecule has 6 nitrogen and oxygen atoms in total. The van der Waals surface area contributed by atoms with Crippen molar-refractivity contribution < 1.29 is 9.90 Å². The molecule has 4 N–H and O–H groups in total. The van der Waals surface area contributed by atoms with Crippen molar-refractivity contribution in [1.82, 2.24) is 9.97 Å². The van der Waals surface area contributed by atoms with Gasteiger partial charge in [0.1, 0.15) is 29.0 Å². The van der Waals surface area contributed by atoms with Crippen molar-refractivity contribution in [2.75, 3.05) is 4.90 Å². The van der Waals surface area contributed by atoms with Crippen molar-refractivity contribution in [3.8, 4) is 5.75 Å². The number of nitrogens with two attached hydrogens (primary N) is 1. The van der Waals surface area contributed by atoms with E-state index in [1.165, 1.54) is 0 Å². The van der Waals surface area contributed by atoms with Crippen LogP contribution in [0.1, 0.15) is 11.4 Å². The maximum Gasteiger partial charge on any atom is 0.193 e. The van der Waals surface area contributed by atoms with E-state index in [1.54, 1.807) is 17.0 Å². The van der Waals surface area contributed by atoms with Gasteiger partial charge in [0.25, 0.3) is 0 Å². The highest BCUT2D eigenvalue weighted by molar-refractivity contribution is 6.28. The Bertz CT molecular complexity index is 1020. The van der Waals surface area contributed by atoms with Crippen LogP contribution < -0.4 is 10.6 Å². The Hall–Kier alpha value is -3.28. The second-order valence-electron chi connectivity index (χ2n) is 6.09.